The van der Waals surface area contributed by atoms with E-state index in [1.165, 1.54) is 0 Å². The minimum atomic E-state index is -0.0631. The summed E-state index contributed by atoms with van der Waals surface area (Å²) in [6.07, 6.45) is 1.01. The summed E-state index contributed by atoms with van der Waals surface area (Å²) in [4.78, 5) is 4.49. The minimum Gasteiger partial charge on any atom is -0.370 e. The molecule has 1 aromatic heterocycles. The van der Waals surface area contributed by atoms with E-state index in [1.807, 2.05) is 6.92 Å². The van der Waals surface area contributed by atoms with Gasteiger partial charge in [-0.15, -0.1) is 0 Å². The summed E-state index contributed by atoms with van der Waals surface area (Å²) in [5.74, 6) is 2.15. The predicted octanol–water partition coefficient (Wildman–Crippen LogP) is 1.88. The summed E-state index contributed by atoms with van der Waals surface area (Å²) >= 11 is 0. The van der Waals surface area contributed by atoms with E-state index in [4.69, 9.17) is 9.26 Å². The topological polar surface area (TPSA) is 60.2 Å². The summed E-state index contributed by atoms with van der Waals surface area (Å²) in [6.45, 7) is 8.82. The molecule has 1 saturated heterocycles. The largest absolute Gasteiger partial charge is 0.370 e. The lowest BCUT2D eigenvalue weighted by atomic mass is 10.1. The monoisotopic (exact) mass is 239 g/mol. The quantitative estimate of drug-likeness (QED) is 0.850. The van der Waals surface area contributed by atoms with Crippen molar-refractivity contribution >= 4 is 0 Å². The summed E-state index contributed by atoms with van der Waals surface area (Å²) in [6, 6.07) is 0. The van der Waals surface area contributed by atoms with Crippen molar-refractivity contribution in [1.82, 2.24) is 15.5 Å². The summed E-state index contributed by atoms with van der Waals surface area (Å²) < 4.78 is 11.0. The van der Waals surface area contributed by atoms with E-state index in [2.05, 4.69) is 29.3 Å². The van der Waals surface area contributed by atoms with Crippen LogP contribution in [0.4, 0.5) is 0 Å². The van der Waals surface area contributed by atoms with Gasteiger partial charge in [-0.1, -0.05) is 19.0 Å². The SMILES string of the molecule is CCOC(c1noc(C2CCNC2)n1)C(C)C. The van der Waals surface area contributed by atoms with Crippen LogP contribution in [0.1, 0.15) is 50.9 Å². The normalized spacial score (nSPS) is 22.2. The van der Waals surface area contributed by atoms with Crippen LogP contribution in [-0.2, 0) is 4.74 Å². The molecule has 0 spiro atoms. The van der Waals surface area contributed by atoms with E-state index >= 15 is 0 Å². The van der Waals surface area contributed by atoms with E-state index in [9.17, 15) is 0 Å². The first kappa shape index (κ1) is 12.5. The zero-order valence-electron chi connectivity index (χ0n) is 10.8. The van der Waals surface area contributed by atoms with Crippen molar-refractivity contribution in [2.45, 2.75) is 39.2 Å². The average molecular weight is 239 g/mol. The van der Waals surface area contributed by atoms with Crippen LogP contribution in [0.15, 0.2) is 4.52 Å². The van der Waals surface area contributed by atoms with Crippen molar-refractivity contribution in [3.05, 3.63) is 11.7 Å². The van der Waals surface area contributed by atoms with Crippen LogP contribution in [-0.4, -0.2) is 29.8 Å². The third-order valence-corrected chi connectivity index (χ3v) is 3.07. The van der Waals surface area contributed by atoms with Gasteiger partial charge in [-0.2, -0.15) is 4.98 Å². The first-order valence-electron chi connectivity index (χ1n) is 6.38. The molecule has 0 radical (unpaired) electrons. The molecule has 2 rings (SSSR count). The van der Waals surface area contributed by atoms with E-state index in [0.717, 1.165) is 25.4 Å². The van der Waals surface area contributed by atoms with E-state index in [0.29, 0.717) is 24.3 Å². The lowest BCUT2D eigenvalue weighted by Gasteiger charge is -2.16. The van der Waals surface area contributed by atoms with Crippen molar-refractivity contribution in [1.29, 1.82) is 0 Å². The number of hydrogen-bond acceptors (Lipinski definition) is 5. The Balaban J connectivity index is 2.09. The Morgan fingerprint density at radius 1 is 1.53 bits per heavy atom. The fraction of sp³-hybridized carbons (Fsp3) is 0.833. The molecule has 0 amide bonds. The molecule has 2 atom stereocenters. The van der Waals surface area contributed by atoms with Crippen molar-refractivity contribution < 1.29 is 9.26 Å². The highest BCUT2D eigenvalue weighted by Gasteiger charge is 2.26. The molecule has 0 aromatic carbocycles. The molecule has 5 heteroatoms. The van der Waals surface area contributed by atoms with Gasteiger partial charge in [0.25, 0.3) is 0 Å². The maximum absolute atomic E-state index is 5.66. The number of aromatic nitrogens is 2. The summed E-state index contributed by atoms with van der Waals surface area (Å²) in [5, 5.41) is 7.36. The molecule has 0 bridgehead atoms. The third kappa shape index (κ3) is 2.84. The fourth-order valence-electron chi connectivity index (χ4n) is 2.14. The molecule has 17 heavy (non-hydrogen) atoms. The second-order valence-electron chi connectivity index (χ2n) is 4.80. The van der Waals surface area contributed by atoms with E-state index in [-0.39, 0.29) is 6.10 Å². The smallest absolute Gasteiger partial charge is 0.231 e. The van der Waals surface area contributed by atoms with Crippen molar-refractivity contribution in [2.75, 3.05) is 19.7 Å². The zero-order chi connectivity index (χ0) is 12.3. The number of hydrogen-bond donors (Lipinski definition) is 1. The Bertz CT molecular complexity index is 345. The second kappa shape index (κ2) is 5.60. The number of nitrogens with one attached hydrogen (secondary N) is 1. The Labute approximate surface area is 102 Å². The van der Waals surface area contributed by atoms with Crippen LogP contribution in [0.2, 0.25) is 0 Å². The van der Waals surface area contributed by atoms with Gasteiger partial charge in [0.2, 0.25) is 11.7 Å². The first-order valence-corrected chi connectivity index (χ1v) is 6.38. The van der Waals surface area contributed by atoms with E-state index in [1.54, 1.807) is 0 Å². The fourth-order valence-corrected chi connectivity index (χ4v) is 2.14. The molecule has 1 aliphatic heterocycles. The minimum absolute atomic E-state index is 0.0631. The lowest BCUT2D eigenvalue weighted by molar-refractivity contribution is 0.0217. The van der Waals surface area contributed by atoms with Gasteiger partial charge in [0.1, 0.15) is 6.10 Å². The Kier molecular flexibility index (Phi) is 4.12. The van der Waals surface area contributed by atoms with Gasteiger partial charge in [-0.25, -0.2) is 0 Å². The molecule has 1 aromatic rings. The number of nitrogens with zero attached hydrogens (tertiary/aromatic N) is 2. The zero-order valence-corrected chi connectivity index (χ0v) is 10.8. The number of ether oxygens (including phenoxy) is 1. The molecule has 2 unspecified atom stereocenters. The van der Waals surface area contributed by atoms with Crippen LogP contribution < -0.4 is 5.32 Å². The van der Waals surface area contributed by atoms with Gasteiger partial charge in [-0.3, -0.25) is 0 Å². The Hall–Kier alpha value is -0.940. The van der Waals surface area contributed by atoms with Crippen LogP contribution in [0.3, 0.4) is 0 Å². The van der Waals surface area contributed by atoms with Crippen LogP contribution >= 0.6 is 0 Å². The first-order chi connectivity index (χ1) is 8.22. The molecule has 1 N–H and O–H groups in total. The van der Waals surface area contributed by atoms with Crippen LogP contribution in [0.25, 0.3) is 0 Å². The lowest BCUT2D eigenvalue weighted by Crippen LogP contribution is -2.13. The van der Waals surface area contributed by atoms with Gasteiger partial charge in [0.15, 0.2) is 0 Å². The van der Waals surface area contributed by atoms with Crippen LogP contribution in [0, 0.1) is 5.92 Å². The molecular weight excluding hydrogens is 218 g/mol. The summed E-state index contributed by atoms with van der Waals surface area (Å²) in [7, 11) is 0. The van der Waals surface area contributed by atoms with Gasteiger partial charge in [-0.05, 0) is 25.8 Å². The van der Waals surface area contributed by atoms with Crippen LogP contribution in [0.5, 0.6) is 0 Å². The maximum atomic E-state index is 5.66. The van der Waals surface area contributed by atoms with Crippen molar-refractivity contribution in [2.24, 2.45) is 5.92 Å². The van der Waals surface area contributed by atoms with Crippen molar-refractivity contribution in [3.8, 4) is 0 Å². The van der Waals surface area contributed by atoms with Gasteiger partial charge in [0, 0.05) is 13.2 Å². The highest BCUT2D eigenvalue weighted by Crippen LogP contribution is 2.26. The van der Waals surface area contributed by atoms with Gasteiger partial charge >= 0.3 is 0 Å². The predicted molar refractivity (Wildman–Crippen MR) is 63.7 cm³/mol. The third-order valence-electron chi connectivity index (χ3n) is 3.07. The molecule has 1 fully saturated rings. The summed E-state index contributed by atoms with van der Waals surface area (Å²) in [5.41, 5.74) is 0. The second-order valence-corrected chi connectivity index (χ2v) is 4.80. The Morgan fingerprint density at radius 3 is 2.94 bits per heavy atom. The van der Waals surface area contributed by atoms with E-state index < -0.39 is 0 Å². The van der Waals surface area contributed by atoms with Crippen molar-refractivity contribution in [3.63, 3.8) is 0 Å². The Morgan fingerprint density at radius 2 is 2.35 bits per heavy atom. The highest BCUT2D eigenvalue weighted by atomic mass is 16.5. The maximum Gasteiger partial charge on any atom is 0.231 e. The average Bonchev–Trinajstić information content (AvgIpc) is 2.95. The molecule has 96 valence electrons. The van der Waals surface area contributed by atoms with Gasteiger partial charge in [0.05, 0.1) is 5.92 Å². The standard InChI is InChI=1S/C12H21N3O2/c1-4-16-10(8(2)3)11-14-12(17-15-11)9-5-6-13-7-9/h8-10,13H,4-7H2,1-3H3. The molecule has 0 aliphatic carbocycles. The molecule has 0 saturated carbocycles. The van der Waals surface area contributed by atoms with Gasteiger partial charge < -0.3 is 14.6 Å². The molecular formula is C12H21N3O2. The molecule has 5 nitrogen and oxygen atoms in total. The molecule has 1 aliphatic rings. The number of rotatable bonds is 5. The highest BCUT2D eigenvalue weighted by molar-refractivity contribution is 5.00. The molecule has 2 heterocycles.